The maximum absolute atomic E-state index is 13.0. The molecule has 0 unspecified atom stereocenters. The average molecular weight is 1740 g/mol. The number of anilines is 3. The molecule has 592 valence electrons. The molecule has 0 radical (unpaired) electrons. The first-order valence-electron chi connectivity index (χ1n) is 31.7. The van der Waals surface area contributed by atoms with Crippen LogP contribution in [-0.2, 0) is 76.4 Å². The van der Waals surface area contributed by atoms with Gasteiger partial charge in [-0.15, -0.1) is 34.0 Å². The highest BCUT2D eigenvalue weighted by Crippen LogP contribution is 2.34. The Morgan fingerprint density at radius 1 is 0.432 bits per heavy atom. The first-order chi connectivity index (χ1) is 52.4. The number of hydrogen-bond acceptors (Lipinski definition) is 23. The van der Waals surface area contributed by atoms with Crippen molar-refractivity contribution in [2.24, 2.45) is 0 Å². The fourth-order valence-electron chi connectivity index (χ4n) is 8.54. The number of nitrogens with zero attached hydrogens (tertiary/aromatic N) is 4. The number of benzene rings is 3. The Hall–Kier alpha value is -9.70. The highest BCUT2D eigenvalue weighted by atomic mass is 35.5. The lowest BCUT2D eigenvalue weighted by Gasteiger charge is -2.13. The van der Waals surface area contributed by atoms with Crippen LogP contribution in [0.1, 0.15) is 56.8 Å². The van der Waals surface area contributed by atoms with Gasteiger partial charge in [0.2, 0.25) is 17.7 Å². The van der Waals surface area contributed by atoms with Crippen LogP contribution in [0.3, 0.4) is 0 Å². The summed E-state index contributed by atoms with van der Waals surface area (Å²) in [7, 11) is -11.9. The molecule has 0 saturated heterocycles. The molecular formula is C65H62Cl4F6N16O14S6. The number of nitro groups is 1. The van der Waals surface area contributed by atoms with E-state index in [-0.39, 0.29) is 112 Å². The molecule has 6 amide bonds. The number of amides is 6. The van der Waals surface area contributed by atoms with Crippen LogP contribution < -0.4 is 62.0 Å². The third-order valence-corrected chi connectivity index (χ3v) is 24.0. The van der Waals surface area contributed by atoms with Gasteiger partial charge in [0.25, 0.3) is 53.5 Å². The Kier molecular flexibility index (Phi) is 33.1. The van der Waals surface area contributed by atoms with Crippen LogP contribution in [0.2, 0.25) is 20.1 Å². The van der Waals surface area contributed by atoms with Gasteiger partial charge in [-0.3, -0.25) is 38.9 Å². The molecule has 0 spiro atoms. The van der Waals surface area contributed by atoms with Crippen LogP contribution in [-0.4, -0.2) is 139 Å². The lowest BCUT2D eigenvalue weighted by atomic mass is 10.2. The molecule has 9 aromatic rings. The molecule has 0 aliphatic heterocycles. The Balaban J connectivity index is 0.000000231. The van der Waals surface area contributed by atoms with Crippen LogP contribution in [0.15, 0.2) is 171 Å². The number of carbonyl (C=O) groups is 6. The van der Waals surface area contributed by atoms with Crippen molar-refractivity contribution in [3.63, 3.8) is 0 Å². The van der Waals surface area contributed by atoms with E-state index in [1.54, 1.807) is 91.0 Å². The Morgan fingerprint density at radius 2 is 0.811 bits per heavy atom. The van der Waals surface area contributed by atoms with Crippen molar-refractivity contribution in [1.82, 2.24) is 61.0 Å². The molecule has 30 nitrogen and oxygen atoms in total. The maximum atomic E-state index is 13.0. The lowest BCUT2D eigenvalue weighted by molar-refractivity contribution is -0.385. The van der Waals surface area contributed by atoms with Gasteiger partial charge >= 0.3 is 12.4 Å². The summed E-state index contributed by atoms with van der Waals surface area (Å²) in [6, 6.07) is 33.2. The van der Waals surface area contributed by atoms with E-state index in [1.807, 2.05) is 0 Å². The Bertz CT molecular complexity index is 5080. The minimum absolute atomic E-state index is 0.00692. The summed E-state index contributed by atoms with van der Waals surface area (Å²) in [6.45, 7) is -0.800. The number of aromatic nitrogens is 3. The molecule has 3 aromatic carbocycles. The quantitative estimate of drug-likeness (QED) is 0.00773. The maximum Gasteiger partial charge on any atom is 0.419 e. The van der Waals surface area contributed by atoms with E-state index in [0.29, 0.717) is 58.4 Å². The van der Waals surface area contributed by atoms with Crippen molar-refractivity contribution in [2.45, 2.75) is 44.6 Å². The number of carbonyl (C=O) groups excluding carboxylic acids is 6. The number of sulfonamides is 3. The SMILES string of the molecule is O=C(CNS(=O)(=O)c1ccc(CNC(=O)c2ccc(Cl)cc2)s1)NCCNc1ccc([N+](=O)[O-])cn1.O=C(CNS(=O)(=O)c1ccc(CNC(=O)c2ccc(Cl)cc2)s1)NCCNc1ncc(C(F)(F)F)cc1Cl.O=C(CNS(=O)(=O)c1ccc(CNC(=O)c2ccc(Cl)cc2)s1)NCCNc1ncccc1C(F)(F)F. The van der Waals surface area contributed by atoms with E-state index >= 15 is 0 Å². The highest BCUT2D eigenvalue weighted by molar-refractivity contribution is 7.92. The molecule has 6 heterocycles. The number of hydrogen-bond donors (Lipinski definition) is 12. The highest BCUT2D eigenvalue weighted by Gasteiger charge is 2.34. The topological polar surface area (TPSA) is 431 Å². The van der Waals surface area contributed by atoms with Gasteiger partial charge < -0.3 is 47.9 Å². The number of alkyl halides is 6. The average Bonchev–Trinajstić information content (AvgIpc) is 1.39. The van der Waals surface area contributed by atoms with Gasteiger partial charge in [0.15, 0.2) is 0 Å². The summed E-state index contributed by atoms with van der Waals surface area (Å²) in [5.74, 6) is -2.83. The molecule has 9 rings (SSSR count). The predicted octanol–water partition coefficient (Wildman–Crippen LogP) is 9.30. The zero-order valence-electron chi connectivity index (χ0n) is 56.7. The van der Waals surface area contributed by atoms with E-state index < -0.39 is 95.8 Å². The molecule has 12 N–H and O–H groups in total. The second-order valence-corrected chi connectivity index (χ2v) is 33.3. The van der Waals surface area contributed by atoms with Crippen molar-refractivity contribution in [3.05, 3.63) is 231 Å². The summed E-state index contributed by atoms with van der Waals surface area (Å²) in [6.07, 6.45) is -6.21. The zero-order valence-corrected chi connectivity index (χ0v) is 64.7. The molecule has 6 aromatic heterocycles. The molecule has 46 heteroatoms. The van der Waals surface area contributed by atoms with Crippen LogP contribution in [0, 0.1) is 10.1 Å². The third-order valence-electron chi connectivity index (χ3n) is 14.0. The van der Waals surface area contributed by atoms with Gasteiger partial charge in [0.1, 0.15) is 36.3 Å². The van der Waals surface area contributed by atoms with Crippen LogP contribution in [0.25, 0.3) is 0 Å². The number of nitrogens with one attached hydrogen (secondary N) is 12. The summed E-state index contributed by atoms with van der Waals surface area (Å²) in [5, 5.41) is 35.4. The minimum Gasteiger partial charge on any atom is -0.368 e. The largest absolute Gasteiger partial charge is 0.419 e. The Morgan fingerprint density at radius 3 is 1.15 bits per heavy atom. The van der Waals surface area contributed by atoms with E-state index in [2.05, 4.69) is 77.0 Å². The number of halogens is 10. The second-order valence-electron chi connectivity index (χ2n) is 22.1. The van der Waals surface area contributed by atoms with Gasteiger partial charge in [0.05, 0.1) is 60.3 Å². The molecule has 0 bridgehead atoms. The van der Waals surface area contributed by atoms with Gasteiger partial charge in [0, 0.05) is 104 Å². The smallest absolute Gasteiger partial charge is 0.368 e. The fourth-order valence-corrected chi connectivity index (χ4v) is 16.1. The molecule has 0 fully saturated rings. The monoisotopic (exact) mass is 1740 g/mol. The van der Waals surface area contributed by atoms with Crippen LogP contribution >= 0.6 is 80.4 Å². The van der Waals surface area contributed by atoms with Crippen molar-refractivity contribution in [2.75, 3.05) is 74.9 Å². The van der Waals surface area contributed by atoms with Crippen LogP contribution in [0.4, 0.5) is 49.5 Å². The summed E-state index contributed by atoms with van der Waals surface area (Å²) < 4.78 is 158. The normalized spacial score (nSPS) is 11.5. The standard InChI is InChI=1S/C22H20Cl2F3N5O4S2.C22H21ClF3N5O4S2.C21H21ClN6O6S2/c23-15-3-1-13(2-4-15)21(34)31-11-16-5-6-19(37-16)38(35,36)32-12-18(33)28-7-8-29-20-17(24)9-14(10-30-20)22(25,26)27;23-15-5-3-14(4-6-15)21(33)30-12-16-7-8-19(36-16)37(34,35)31-13-18(32)27-10-11-29-20-17(22(24,25)26)2-1-9-28-20;22-15-3-1-14(2-4-15)21(30)26-12-17-6-8-20(35-17)36(33,34)27-13-19(29)24-10-9-23-18-7-5-16(11-25-18)28(31)32/h1-6,9-10,32H,7-8,11-12H2,(H,28,33)(H,29,30)(H,31,34);1-9,31H,10-13H2,(H,27,32)(H,28,29)(H,30,33);1-8,11,27H,9-10,12-13H2,(H,23,25)(H,24,29)(H,26,30). The molecule has 0 aliphatic carbocycles. The molecular weight excluding hydrogens is 1680 g/mol. The van der Waals surface area contributed by atoms with Gasteiger partial charge in [-0.2, -0.15) is 26.3 Å². The van der Waals surface area contributed by atoms with Gasteiger partial charge in [-0.05, 0) is 133 Å². The number of pyridine rings is 3. The van der Waals surface area contributed by atoms with Crippen molar-refractivity contribution >= 4 is 169 Å². The van der Waals surface area contributed by atoms with Crippen molar-refractivity contribution < 1.29 is 85.3 Å². The third kappa shape index (κ3) is 29.5. The molecule has 0 saturated carbocycles. The van der Waals surface area contributed by atoms with E-state index in [9.17, 15) is 90.5 Å². The van der Waals surface area contributed by atoms with Gasteiger partial charge in [-0.1, -0.05) is 46.4 Å². The summed E-state index contributed by atoms with van der Waals surface area (Å²) in [4.78, 5) is 95.5. The summed E-state index contributed by atoms with van der Waals surface area (Å²) >= 11 is 26.0. The number of thiophene rings is 3. The van der Waals surface area contributed by atoms with Gasteiger partial charge in [-0.25, -0.2) is 54.4 Å². The Labute approximate surface area is 660 Å². The van der Waals surface area contributed by atoms with E-state index in [4.69, 9.17) is 46.4 Å². The minimum atomic E-state index is -4.58. The van der Waals surface area contributed by atoms with E-state index in [1.165, 1.54) is 36.5 Å². The van der Waals surface area contributed by atoms with E-state index in [0.717, 1.165) is 58.4 Å². The molecule has 0 atom stereocenters. The zero-order chi connectivity index (χ0) is 81.1. The molecule has 111 heavy (non-hydrogen) atoms. The first-order valence-corrected chi connectivity index (χ1v) is 40.1. The summed E-state index contributed by atoms with van der Waals surface area (Å²) in [5.41, 5.74) is -0.835. The molecule has 0 aliphatic rings. The van der Waals surface area contributed by atoms with Crippen molar-refractivity contribution in [3.8, 4) is 0 Å². The fraction of sp³-hybridized carbons (Fsp3) is 0.215. The van der Waals surface area contributed by atoms with Crippen LogP contribution in [0.5, 0.6) is 0 Å². The van der Waals surface area contributed by atoms with Crippen molar-refractivity contribution in [1.29, 1.82) is 0 Å². The lowest BCUT2D eigenvalue weighted by Crippen LogP contribution is -2.38. The number of rotatable bonds is 34. The first kappa shape index (κ1) is 88.5. The predicted molar refractivity (Wildman–Crippen MR) is 405 cm³/mol. The second kappa shape index (κ2) is 41.5.